The zero-order valence-electron chi connectivity index (χ0n) is 19.0. The number of Topliss-reactive ketones (excluding diaryl/α,β-unsaturated/α-hetero) is 2. The van der Waals surface area contributed by atoms with Gasteiger partial charge in [0.2, 0.25) is 5.78 Å². The molecule has 2 rings (SSSR count). The summed E-state index contributed by atoms with van der Waals surface area (Å²) in [5.41, 5.74) is 1.07. The molecule has 0 radical (unpaired) electrons. The molecule has 0 unspecified atom stereocenters. The summed E-state index contributed by atoms with van der Waals surface area (Å²) < 4.78 is 5.17. The molecule has 0 spiro atoms. The van der Waals surface area contributed by atoms with Gasteiger partial charge in [0.15, 0.2) is 11.5 Å². The molecule has 164 valence electrons. The SMILES string of the molecule is CC(=O)OC1=C(CCCCCCCCCC[Si](C)(C)C)C(=O)c2ccccc2C1=O. The van der Waals surface area contributed by atoms with Crippen molar-refractivity contribution in [2.45, 2.75) is 90.4 Å². The highest BCUT2D eigenvalue weighted by Crippen LogP contribution is 2.30. The van der Waals surface area contributed by atoms with Crippen LogP contribution in [-0.4, -0.2) is 25.6 Å². The molecule has 0 saturated carbocycles. The summed E-state index contributed by atoms with van der Waals surface area (Å²) >= 11 is 0. The van der Waals surface area contributed by atoms with Gasteiger partial charge >= 0.3 is 5.97 Å². The van der Waals surface area contributed by atoms with E-state index in [0.29, 0.717) is 23.1 Å². The number of fused-ring (bicyclic) bond motifs is 1. The number of hydrogen-bond acceptors (Lipinski definition) is 4. The van der Waals surface area contributed by atoms with E-state index in [1.165, 1.54) is 45.1 Å². The van der Waals surface area contributed by atoms with Gasteiger partial charge in [-0.1, -0.05) is 94.9 Å². The second-order valence-corrected chi connectivity index (χ2v) is 15.1. The highest BCUT2D eigenvalue weighted by Gasteiger charge is 2.33. The van der Waals surface area contributed by atoms with Gasteiger partial charge in [0.25, 0.3) is 0 Å². The third-order valence-electron chi connectivity index (χ3n) is 5.52. The Hall–Kier alpha value is -2.01. The molecule has 1 aliphatic rings. The van der Waals surface area contributed by atoms with Crippen molar-refractivity contribution < 1.29 is 19.1 Å². The van der Waals surface area contributed by atoms with Crippen molar-refractivity contribution in [1.29, 1.82) is 0 Å². The largest absolute Gasteiger partial charge is 0.422 e. The van der Waals surface area contributed by atoms with Crippen LogP contribution >= 0.6 is 0 Å². The fourth-order valence-electron chi connectivity index (χ4n) is 3.90. The van der Waals surface area contributed by atoms with E-state index in [1.54, 1.807) is 24.3 Å². The molecule has 30 heavy (non-hydrogen) atoms. The van der Waals surface area contributed by atoms with Crippen LogP contribution in [0.15, 0.2) is 35.6 Å². The van der Waals surface area contributed by atoms with E-state index in [2.05, 4.69) is 19.6 Å². The van der Waals surface area contributed by atoms with Gasteiger partial charge in [0.1, 0.15) is 0 Å². The van der Waals surface area contributed by atoms with Crippen LogP contribution in [0.1, 0.15) is 85.4 Å². The number of ketones is 2. The number of esters is 1. The maximum Gasteiger partial charge on any atom is 0.308 e. The summed E-state index contributed by atoms with van der Waals surface area (Å²) in [6.07, 6.45) is 9.89. The van der Waals surface area contributed by atoms with Crippen LogP contribution in [0.25, 0.3) is 0 Å². The number of unbranched alkanes of at least 4 members (excludes halogenated alkanes) is 7. The Morgan fingerprint density at radius 2 is 1.30 bits per heavy atom. The normalized spacial score (nSPS) is 14.1. The van der Waals surface area contributed by atoms with Crippen molar-refractivity contribution in [3.8, 4) is 0 Å². The number of hydrogen-bond donors (Lipinski definition) is 0. The van der Waals surface area contributed by atoms with Gasteiger partial charge < -0.3 is 4.74 Å². The number of carbonyl (C=O) groups excluding carboxylic acids is 3. The fraction of sp³-hybridized carbons (Fsp3) is 0.560. The van der Waals surface area contributed by atoms with E-state index in [1.807, 2.05) is 0 Å². The van der Waals surface area contributed by atoms with Crippen LogP contribution in [0, 0.1) is 0 Å². The topological polar surface area (TPSA) is 60.4 Å². The highest BCUT2D eigenvalue weighted by atomic mass is 28.3. The first-order valence-corrected chi connectivity index (χ1v) is 15.0. The molecule has 1 aliphatic carbocycles. The molecular weight excluding hydrogens is 392 g/mol. The second kappa shape index (κ2) is 11.4. The zero-order chi connectivity index (χ0) is 22.1. The average molecular weight is 429 g/mol. The average Bonchev–Trinajstić information content (AvgIpc) is 2.68. The van der Waals surface area contributed by atoms with Crippen molar-refractivity contribution in [3.63, 3.8) is 0 Å². The summed E-state index contributed by atoms with van der Waals surface area (Å²) in [6, 6.07) is 8.16. The van der Waals surface area contributed by atoms with Gasteiger partial charge in [-0.15, -0.1) is 0 Å². The van der Waals surface area contributed by atoms with Crippen LogP contribution in [-0.2, 0) is 9.53 Å². The van der Waals surface area contributed by atoms with E-state index in [4.69, 9.17) is 4.74 Å². The quantitative estimate of drug-likeness (QED) is 0.210. The molecule has 0 bridgehead atoms. The molecule has 4 nitrogen and oxygen atoms in total. The molecule has 0 amide bonds. The smallest absolute Gasteiger partial charge is 0.308 e. The van der Waals surface area contributed by atoms with Crippen molar-refractivity contribution in [1.82, 2.24) is 0 Å². The predicted molar refractivity (Wildman–Crippen MR) is 124 cm³/mol. The van der Waals surface area contributed by atoms with Crippen LogP contribution in [0.5, 0.6) is 0 Å². The number of allylic oxidation sites excluding steroid dienone is 2. The fourth-order valence-corrected chi connectivity index (χ4v) is 5.21. The maximum atomic E-state index is 12.9. The molecule has 0 atom stereocenters. The van der Waals surface area contributed by atoms with Crippen LogP contribution in [0.2, 0.25) is 25.7 Å². The number of benzene rings is 1. The summed E-state index contributed by atoms with van der Waals surface area (Å²) in [7, 11) is -0.896. The zero-order valence-corrected chi connectivity index (χ0v) is 20.0. The van der Waals surface area contributed by atoms with Crippen LogP contribution < -0.4 is 0 Å². The third kappa shape index (κ3) is 7.35. The third-order valence-corrected chi connectivity index (χ3v) is 7.37. The van der Waals surface area contributed by atoms with Gasteiger partial charge in [0.05, 0.1) is 0 Å². The lowest BCUT2D eigenvalue weighted by Crippen LogP contribution is -2.24. The van der Waals surface area contributed by atoms with E-state index in [0.717, 1.165) is 19.3 Å². The standard InChI is InChI=1S/C25H36O4Si/c1-19(26)29-25-22(23(27)20-15-12-13-16-21(20)24(25)28)17-11-9-7-5-6-8-10-14-18-30(2,3)4/h12-13,15-16H,5-11,14,17-18H2,1-4H3. The maximum absolute atomic E-state index is 12.9. The highest BCUT2D eigenvalue weighted by molar-refractivity contribution is 6.76. The summed E-state index contributed by atoms with van der Waals surface area (Å²) in [5, 5.41) is 0. The van der Waals surface area contributed by atoms with Gasteiger partial charge in [0, 0.05) is 31.7 Å². The molecular formula is C25H36O4Si. The Labute approximate surface area is 182 Å². The van der Waals surface area contributed by atoms with Crippen LogP contribution in [0.3, 0.4) is 0 Å². The minimum atomic E-state index is -0.896. The molecule has 0 saturated heterocycles. The Morgan fingerprint density at radius 3 is 1.83 bits per heavy atom. The predicted octanol–water partition coefficient (Wildman–Crippen LogP) is 6.73. The van der Waals surface area contributed by atoms with Crippen molar-refractivity contribution in [2.75, 3.05) is 0 Å². The molecule has 0 aliphatic heterocycles. The number of carbonyl (C=O) groups is 3. The Kier molecular flexibility index (Phi) is 9.22. The van der Waals surface area contributed by atoms with Crippen LogP contribution in [0.4, 0.5) is 0 Å². The first-order chi connectivity index (χ1) is 14.2. The lowest BCUT2D eigenvalue weighted by atomic mass is 9.86. The summed E-state index contributed by atoms with van der Waals surface area (Å²) in [5.74, 6) is -1.21. The van der Waals surface area contributed by atoms with Gasteiger partial charge in [-0.05, 0) is 12.8 Å². The number of ether oxygens (including phenoxy) is 1. The van der Waals surface area contributed by atoms with Gasteiger partial charge in [-0.2, -0.15) is 0 Å². The Bertz CT molecular complexity index is 802. The number of rotatable bonds is 12. The van der Waals surface area contributed by atoms with Crippen molar-refractivity contribution in [2.24, 2.45) is 0 Å². The van der Waals surface area contributed by atoms with E-state index >= 15 is 0 Å². The first kappa shape index (κ1) is 24.3. The molecule has 0 heterocycles. The molecule has 0 aromatic heterocycles. The second-order valence-electron chi connectivity index (χ2n) is 9.49. The first-order valence-electron chi connectivity index (χ1n) is 11.3. The molecule has 0 N–H and O–H groups in total. The van der Waals surface area contributed by atoms with E-state index in [-0.39, 0.29) is 17.3 Å². The minimum absolute atomic E-state index is 0.0754. The monoisotopic (exact) mass is 428 g/mol. The molecule has 1 aromatic rings. The van der Waals surface area contributed by atoms with E-state index in [9.17, 15) is 14.4 Å². The summed E-state index contributed by atoms with van der Waals surface area (Å²) in [4.78, 5) is 37.1. The van der Waals surface area contributed by atoms with Gasteiger partial charge in [-0.3, -0.25) is 14.4 Å². The van der Waals surface area contributed by atoms with E-state index < -0.39 is 14.0 Å². The van der Waals surface area contributed by atoms with Crippen molar-refractivity contribution >= 4 is 25.6 Å². The molecule has 1 aromatic carbocycles. The lowest BCUT2D eigenvalue weighted by Gasteiger charge is -2.20. The van der Waals surface area contributed by atoms with Gasteiger partial charge in [-0.25, -0.2) is 0 Å². The minimum Gasteiger partial charge on any atom is -0.422 e. The lowest BCUT2D eigenvalue weighted by molar-refractivity contribution is -0.136. The molecule has 0 fully saturated rings. The van der Waals surface area contributed by atoms with Crippen molar-refractivity contribution in [3.05, 3.63) is 46.7 Å². The Morgan fingerprint density at radius 1 is 0.800 bits per heavy atom. The summed E-state index contributed by atoms with van der Waals surface area (Å²) in [6.45, 7) is 8.54. The Balaban J connectivity index is 1.80. The molecule has 5 heteroatoms.